The number of hydrogen-bond donors (Lipinski definition) is 1. The van der Waals surface area contributed by atoms with Crippen molar-refractivity contribution in [3.8, 4) is 0 Å². The summed E-state index contributed by atoms with van der Waals surface area (Å²) in [6.45, 7) is -0.480. The van der Waals surface area contributed by atoms with Gasteiger partial charge in [-0.1, -0.05) is 0 Å². The number of carbonyl (C=O) groups excluding carboxylic acids is 5. The predicted molar refractivity (Wildman–Crippen MR) is 90.5 cm³/mol. The number of rotatable bonds is 10. The summed E-state index contributed by atoms with van der Waals surface area (Å²) in [6.07, 6.45) is 0.595. The van der Waals surface area contributed by atoms with Gasteiger partial charge in [0.25, 0.3) is 0 Å². The van der Waals surface area contributed by atoms with Gasteiger partial charge in [0.1, 0.15) is 6.29 Å². The quantitative estimate of drug-likeness (QED) is 0.424. The molecule has 0 radical (unpaired) electrons. The highest BCUT2D eigenvalue weighted by atomic mass is 16.2. The lowest BCUT2D eigenvalue weighted by molar-refractivity contribution is -0.143. The fourth-order valence-electron chi connectivity index (χ4n) is 1.74. The zero-order chi connectivity index (χ0) is 19.6. The molecule has 0 aliphatic carbocycles. The molecule has 0 heterocycles. The van der Waals surface area contributed by atoms with E-state index in [1.54, 1.807) is 7.05 Å². The Kier molecular flexibility index (Phi) is 10.0. The average molecular weight is 357 g/mol. The lowest BCUT2D eigenvalue weighted by Crippen LogP contribution is -2.47. The molecule has 0 spiro atoms. The van der Waals surface area contributed by atoms with E-state index in [-0.39, 0.29) is 44.5 Å². The van der Waals surface area contributed by atoms with E-state index >= 15 is 0 Å². The van der Waals surface area contributed by atoms with E-state index in [1.165, 1.54) is 47.8 Å². The van der Waals surface area contributed by atoms with Crippen molar-refractivity contribution in [2.75, 3.05) is 68.0 Å². The Labute approximate surface area is 147 Å². The molecule has 0 bridgehead atoms. The van der Waals surface area contributed by atoms with Crippen molar-refractivity contribution >= 4 is 29.9 Å². The van der Waals surface area contributed by atoms with Gasteiger partial charge < -0.3 is 29.7 Å². The molecule has 0 fully saturated rings. The normalized spacial score (nSPS) is 9.96. The Balaban J connectivity index is 4.47. The van der Waals surface area contributed by atoms with Gasteiger partial charge in [0.2, 0.25) is 23.6 Å². The SMILES string of the molecule is CNCC(=O)N(C)CC(=O)N(C)CC(=O)N(C)CC(=O)N(C)CC=O. The van der Waals surface area contributed by atoms with Crippen LogP contribution >= 0.6 is 0 Å². The molecule has 0 saturated carbocycles. The third kappa shape index (κ3) is 8.25. The van der Waals surface area contributed by atoms with Crippen molar-refractivity contribution in [2.45, 2.75) is 0 Å². The average Bonchev–Trinajstić information content (AvgIpc) is 2.54. The van der Waals surface area contributed by atoms with Gasteiger partial charge in [-0.2, -0.15) is 0 Å². The molecule has 1 N–H and O–H groups in total. The van der Waals surface area contributed by atoms with Crippen molar-refractivity contribution in [3.05, 3.63) is 0 Å². The van der Waals surface area contributed by atoms with Crippen LogP contribution in [0.4, 0.5) is 0 Å². The summed E-state index contributed by atoms with van der Waals surface area (Å²) in [5.74, 6) is -1.43. The van der Waals surface area contributed by atoms with Crippen LogP contribution in [0.25, 0.3) is 0 Å². The van der Waals surface area contributed by atoms with Crippen molar-refractivity contribution in [2.24, 2.45) is 0 Å². The minimum Gasteiger partial charge on any atom is -0.337 e. The topological polar surface area (TPSA) is 110 Å². The lowest BCUT2D eigenvalue weighted by Gasteiger charge is -2.25. The first kappa shape index (κ1) is 22.5. The smallest absolute Gasteiger partial charge is 0.242 e. The van der Waals surface area contributed by atoms with Crippen LogP contribution in [0.5, 0.6) is 0 Å². The molecule has 25 heavy (non-hydrogen) atoms. The summed E-state index contributed by atoms with van der Waals surface area (Å²) in [5, 5.41) is 2.70. The van der Waals surface area contributed by atoms with Crippen LogP contribution < -0.4 is 5.32 Å². The van der Waals surface area contributed by atoms with E-state index in [4.69, 9.17) is 0 Å². The molecule has 142 valence electrons. The number of nitrogens with zero attached hydrogens (tertiary/aromatic N) is 4. The van der Waals surface area contributed by atoms with Crippen LogP contribution in [0.2, 0.25) is 0 Å². The molecule has 10 nitrogen and oxygen atoms in total. The summed E-state index contributed by atoms with van der Waals surface area (Å²) < 4.78 is 0. The van der Waals surface area contributed by atoms with Gasteiger partial charge in [-0.25, -0.2) is 0 Å². The minimum absolute atomic E-state index is 0.0494. The summed E-state index contributed by atoms with van der Waals surface area (Å²) in [7, 11) is 7.48. The van der Waals surface area contributed by atoms with Crippen molar-refractivity contribution < 1.29 is 24.0 Å². The summed E-state index contributed by atoms with van der Waals surface area (Å²) in [6, 6.07) is 0. The van der Waals surface area contributed by atoms with Gasteiger partial charge in [0.05, 0.1) is 32.7 Å². The molecule has 0 saturated heterocycles. The van der Waals surface area contributed by atoms with Crippen LogP contribution in [-0.2, 0) is 24.0 Å². The van der Waals surface area contributed by atoms with Crippen molar-refractivity contribution in [1.82, 2.24) is 24.9 Å². The molecule has 0 aliphatic heterocycles. The second-order valence-corrected chi connectivity index (χ2v) is 5.72. The largest absolute Gasteiger partial charge is 0.337 e. The number of amides is 4. The summed E-state index contributed by atoms with van der Waals surface area (Å²) in [5.41, 5.74) is 0. The highest BCUT2D eigenvalue weighted by molar-refractivity contribution is 5.90. The highest BCUT2D eigenvalue weighted by Crippen LogP contribution is 1.95. The number of carbonyl (C=O) groups is 5. The molecule has 0 unspecified atom stereocenters. The van der Waals surface area contributed by atoms with Crippen LogP contribution in [0, 0.1) is 0 Å². The summed E-state index contributed by atoms with van der Waals surface area (Å²) >= 11 is 0. The first-order valence-corrected chi connectivity index (χ1v) is 7.68. The molecular weight excluding hydrogens is 330 g/mol. The Hall–Kier alpha value is -2.49. The van der Waals surface area contributed by atoms with Crippen LogP contribution in [0.3, 0.4) is 0 Å². The van der Waals surface area contributed by atoms with E-state index in [0.717, 1.165) is 0 Å². The Bertz CT molecular complexity index is 511. The number of hydrogen-bond acceptors (Lipinski definition) is 6. The summed E-state index contributed by atoms with van der Waals surface area (Å²) in [4.78, 5) is 62.8. The van der Waals surface area contributed by atoms with E-state index in [1.807, 2.05) is 0 Å². The van der Waals surface area contributed by atoms with Gasteiger partial charge in [-0.05, 0) is 7.05 Å². The molecular formula is C15H27N5O5. The van der Waals surface area contributed by atoms with Crippen molar-refractivity contribution in [1.29, 1.82) is 0 Å². The fraction of sp³-hybridized carbons (Fsp3) is 0.667. The second kappa shape index (κ2) is 11.1. The van der Waals surface area contributed by atoms with E-state index in [0.29, 0.717) is 6.29 Å². The van der Waals surface area contributed by atoms with E-state index in [2.05, 4.69) is 5.32 Å². The standard InChI is InChI=1S/C15H27N5O5/c1-16-8-12(22)18(3)10-14(24)20(5)11-15(25)19(4)9-13(23)17(2)6-7-21/h7,16H,6,8-11H2,1-5H3. The molecule has 0 aromatic carbocycles. The third-order valence-corrected chi connectivity index (χ3v) is 3.50. The molecule has 4 amide bonds. The number of nitrogens with one attached hydrogen (secondary N) is 1. The van der Waals surface area contributed by atoms with E-state index < -0.39 is 11.8 Å². The van der Waals surface area contributed by atoms with Gasteiger partial charge >= 0.3 is 0 Å². The maximum Gasteiger partial charge on any atom is 0.242 e. The van der Waals surface area contributed by atoms with Gasteiger partial charge in [-0.3, -0.25) is 19.2 Å². The lowest BCUT2D eigenvalue weighted by atomic mass is 10.4. The van der Waals surface area contributed by atoms with Crippen LogP contribution in [0.1, 0.15) is 0 Å². The van der Waals surface area contributed by atoms with Crippen LogP contribution in [-0.4, -0.2) is 117 Å². The molecule has 0 aromatic rings. The third-order valence-electron chi connectivity index (χ3n) is 3.50. The van der Waals surface area contributed by atoms with Gasteiger partial charge in [0, 0.05) is 28.2 Å². The highest BCUT2D eigenvalue weighted by Gasteiger charge is 2.21. The Morgan fingerprint density at radius 1 is 0.720 bits per heavy atom. The zero-order valence-corrected chi connectivity index (χ0v) is 15.4. The van der Waals surface area contributed by atoms with Crippen molar-refractivity contribution in [3.63, 3.8) is 0 Å². The molecule has 0 aliphatic rings. The first-order chi connectivity index (χ1) is 11.6. The molecule has 10 heteroatoms. The monoisotopic (exact) mass is 357 g/mol. The fourth-order valence-corrected chi connectivity index (χ4v) is 1.74. The van der Waals surface area contributed by atoms with Crippen LogP contribution in [0.15, 0.2) is 0 Å². The molecule has 0 atom stereocenters. The number of aldehydes is 1. The predicted octanol–water partition coefficient (Wildman–Crippen LogP) is -2.76. The first-order valence-electron chi connectivity index (χ1n) is 7.68. The second-order valence-electron chi connectivity index (χ2n) is 5.72. The molecule has 0 aromatic heterocycles. The minimum atomic E-state index is -0.423. The van der Waals surface area contributed by atoms with Gasteiger partial charge in [-0.15, -0.1) is 0 Å². The van der Waals surface area contributed by atoms with E-state index in [9.17, 15) is 24.0 Å². The Morgan fingerprint density at radius 3 is 1.44 bits per heavy atom. The number of likely N-dealkylation sites (N-methyl/N-ethyl adjacent to an activating group) is 5. The zero-order valence-electron chi connectivity index (χ0n) is 15.4. The molecule has 0 rings (SSSR count). The maximum atomic E-state index is 12.1. The maximum absolute atomic E-state index is 12.1. The van der Waals surface area contributed by atoms with Gasteiger partial charge in [0.15, 0.2) is 0 Å². The Morgan fingerprint density at radius 2 is 1.08 bits per heavy atom.